The van der Waals surface area contributed by atoms with Gasteiger partial charge in [0.15, 0.2) is 5.82 Å². The number of nitrogens with zero attached hydrogens (tertiary/aromatic N) is 6. The predicted molar refractivity (Wildman–Crippen MR) is 124 cm³/mol. The summed E-state index contributed by atoms with van der Waals surface area (Å²) in [4.78, 5) is 7.02. The molecule has 3 aliphatic heterocycles. The molecule has 8 heteroatoms. The summed E-state index contributed by atoms with van der Waals surface area (Å²) in [5.74, 6) is -0.407. The van der Waals surface area contributed by atoms with Crippen molar-refractivity contribution in [2.45, 2.75) is 44.5 Å². The van der Waals surface area contributed by atoms with E-state index in [0.29, 0.717) is 17.8 Å². The van der Waals surface area contributed by atoms with E-state index < -0.39 is 11.4 Å². The van der Waals surface area contributed by atoms with Crippen molar-refractivity contribution >= 4 is 16.9 Å². The summed E-state index contributed by atoms with van der Waals surface area (Å²) >= 11 is 0. The molecular formula is C25H27FN6O. The molecule has 0 amide bonds. The average Bonchev–Trinajstić information content (AvgIpc) is 3.48. The highest BCUT2D eigenvalue weighted by Crippen LogP contribution is 2.42. The summed E-state index contributed by atoms with van der Waals surface area (Å²) in [6.45, 7) is 8.08. The molecule has 0 spiro atoms. The molecule has 0 aliphatic carbocycles. The largest absolute Gasteiger partial charge is 0.388 e. The number of nitriles is 1. The van der Waals surface area contributed by atoms with Gasteiger partial charge in [-0.3, -0.25) is 4.90 Å². The van der Waals surface area contributed by atoms with Crippen LogP contribution in [0.2, 0.25) is 0 Å². The smallest absolute Gasteiger partial charge is 0.171 e. The quantitative estimate of drug-likeness (QED) is 0.653. The van der Waals surface area contributed by atoms with Crippen molar-refractivity contribution in [2.75, 3.05) is 36.0 Å². The highest BCUT2D eigenvalue weighted by Gasteiger charge is 2.40. The maximum atomic E-state index is 14.7. The molecule has 0 radical (unpaired) electrons. The van der Waals surface area contributed by atoms with Crippen LogP contribution in [0.3, 0.4) is 0 Å². The number of aromatic nitrogens is 2. The lowest BCUT2D eigenvalue weighted by Crippen LogP contribution is -2.51. The van der Waals surface area contributed by atoms with E-state index >= 15 is 0 Å². The Kier molecular flexibility index (Phi) is 4.45. The van der Waals surface area contributed by atoms with Crippen LogP contribution in [0.4, 0.5) is 15.8 Å². The molecule has 3 aromatic rings. The van der Waals surface area contributed by atoms with E-state index in [4.69, 9.17) is 0 Å². The van der Waals surface area contributed by atoms with Crippen LogP contribution in [-0.2, 0) is 6.54 Å². The van der Waals surface area contributed by atoms with Crippen LogP contribution in [0.5, 0.6) is 0 Å². The number of anilines is 2. The molecule has 2 saturated heterocycles. The van der Waals surface area contributed by atoms with Gasteiger partial charge >= 0.3 is 0 Å². The number of fused-ring (bicyclic) bond motifs is 4. The molecule has 2 aromatic heterocycles. The summed E-state index contributed by atoms with van der Waals surface area (Å²) in [5, 5.41) is 23.8. The van der Waals surface area contributed by atoms with E-state index in [-0.39, 0.29) is 12.1 Å². The van der Waals surface area contributed by atoms with E-state index in [9.17, 15) is 14.8 Å². The number of rotatable bonds is 2. The summed E-state index contributed by atoms with van der Waals surface area (Å²) in [6.07, 6.45) is 1.97. The Morgan fingerprint density at radius 1 is 1.21 bits per heavy atom. The third-order valence-corrected chi connectivity index (χ3v) is 7.55. The Morgan fingerprint density at radius 3 is 2.82 bits per heavy atom. The normalized spacial score (nSPS) is 27.1. The minimum Gasteiger partial charge on any atom is -0.388 e. The molecule has 3 aliphatic rings. The Bertz CT molecular complexity index is 1290. The van der Waals surface area contributed by atoms with E-state index in [1.54, 1.807) is 6.07 Å². The highest BCUT2D eigenvalue weighted by molar-refractivity contribution is 5.75. The molecule has 0 bridgehead atoms. The molecule has 1 aromatic carbocycles. The first-order valence-electron chi connectivity index (χ1n) is 11.5. The fourth-order valence-electron chi connectivity index (χ4n) is 5.86. The van der Waals surface area contributed by atoms with Crippen LogP contribution >= 0.6 is 0 Å². The topological polar surface area (TPSA) is 71.0 Å². The lowest BCUT2D eigenvalue weighted by atomic mass is 10.0. The van der Waals surface area contributed by atoms with Crippen molar-refractivity contribution < 1.29 is 9.50 Å². The lowest BCUT2D eigenvalue weighted by Gasteiger charge is -2.43. The molecule has 0 saturated carbocycles. The standard InChI is InChI=1S/C25H27FN6O/c1-16-12-30(22-6-4-19(10-27)32-24(22)21(26)11-28-32)14-23-20-5-3-18(9-17(20)13-31(16)23)29-8-7-25(2,33)15-29/h3-6,9,11,16,23,33H,7-8,12-15H2,1-2H3/t16-,23-,25-/m1/s1. The second-order valence-electron chi connectivity index (χ2n) is 9.96. The third kappa shape index (κ3) is 3.18. The average molecular weight is 447 g/mol. The molecule has 2 fully saturated rings. The van der Waals surface area contributed by atoms with Crippen LogP contribution in [0, 0.1) is 17.1 Å². The first-order valence-corrected chi connectivity index (χ1v) is 11.5. The Labute approximate surface area is 192 Å². The zero-order valence-electron chi connectivity index (χ0n) is 18.9. The number of benzene rings is 1. The van der Waals surface area contributed by atoms with Crippen molar-refractivity contribution in [1.29, 1.82) is 5.26 Å². The number of hydrogen-bond donors (Lipinski definition) is 1. The predicted octanol–water partition coefficient (Wildman–Crippen LogP) is 3.07. The summed E-state index contributed by atoms with van der Waals surface area (Å²) in [6, 6.07) is 12.8. The van der Waals surface area contributed by atoms with E-state index in [1.807, 2.05) is 13.0 Å². The van der Waals surface area contributed by atoms with Crippen molar-refractivity contribution in [1.82, 2.24) is 14.5 Å². The van der Waals surface area contributed by atoms with E-state index in [0.717, 1.165) is 38.3 Å². The van der Waals surface area contributed by atoms with Gasteiger partial charge in [0, 0.05) is 44.5 Å². The molecule has 1 N–H and O–H groups in total. The van der Waals surface area contributed by atoms with Crippen molar-refractivity contribution in [3.8, 4) is 6.07 Å². The molecule has 7 nitrogen and oxygen atoms in total. The van der Waals surface area contributed by atoms with Crippen molar-refractivity contribution in [3.63, 3.8) is 0 Å². The van der Waals surface area contributed by atoms with Gasteiger partial charge in [-0.25, -0.2) is 8.91 Å². The number of pyridine rings is 1. The van der Waals surface area contributed by atoms with Crippen molar-refractivity contribution in [2.24, 2.45) is 0 Å². The fraction of sp³-hybridized carbons (Fsp3) is 0.440. The Morgan fingerprint density at radius 2 is 2.06 bits per heavy atom. The fourth-order valence-corrected chi connectivity index (χ4v) is 5.86. The van der Waals surface area contributed by atoms with Gasteiger partial charge in [0.1, 0.15) is 17.3 Å². The number of halogens is 1. The Balaban J connectivity index is 1.33. The minimum atomic E-state index is -0.624. The second kappa shape index (κ2) is 7.17. The van der Waals surface area contributed by atoms with Gasteiger partial charge in [-0.05, 0) is 55.7 Å². The second-order valence-corrected chi connectivity index (χ2v) is 9.96. The van der Waals surface area contributed by atoms with Gasteiger partial charge in [-0.1, -0.05) is 6.07 Å². The highest BCUT2D eigenvalue weighted by atomic mass is 19.1. The maximum Gasteiger partial charge on any atom is 0.171 e. The lowest BCUT2D eigenvalue weighted by molar-refractivity contribution is 0.0839. The maximum absolute atomic E-state index is 14.7. The van der Waals surface area contributed by atoms with Gasteiger partial charge in [0.25, 0.3) is 0 Å². The molecule has 3 atom stereocenters. The Hall–Kier alpha value is -3.15. The summed E-state index contributed by atoms with van der Waals surface area (Å²) in [7, 11) is 0. The first-order chi connectivity index (χ1) is 15.8. The third-order valence-electron chi connectivity index (χ3n) is 7.55. The molecule has 170 valence electrons. The molecule has 6 rings (SSSR count). The van der Waals surface area contributed by atoms with Crippen LogP contribution in [0.1, 0.15) is 43.1 Å². The van der Waals surface area contributed by atoms with Gasteiger partial charge in [-0.15, -0.1) is 0 Å². The zero-order chi connectivity index (χ0) is 22.9. The van der Waals surface area contributed by atoms with Gasteiger partial charge < -0.3 is 14.9 Å². The zero-order valence-corrected chi connectivity index (χ0v) is 18.9. The monoisotopic (exact) mass is 446 g/mol. The van der Waals surface area contributed by atoms with E-state index in [2.05, 4.69) is 51.0 Å². The molecule has 33 heavy (non-hydrogen) atoms. The SMILES string of the molecule is C[C@@H]1CN(c2ccc(C#N)n3ncc(F)c23)C[C@@H]2c3ccc(N4CC[C@@](C)(O)C4)cc3CN12. The van der Waals surface area contributed by atoms with Crippen LogP contribution in [0.25, 0.3) is 5.52 Å². The van der Waals surface area contributed by atoms with Gasteiger partial charge in [0.05, 0.1) is 23.5 Å². The summed E-state index contributed by atoms with van der Waals surface area (Å²) < 4.78 is 16.1. The number of piperazine rings is 1. The molecule has 0 unspecified atom stereocenters. The van der Waals surface area contributed by atoms with Crippen LogP contribution in [-0.4, -0.2) is 57.4 Å². The molecular weight excluding hydrogens is 419 g/mol. The van der Waals surface area contributed by atoms with Crippen molar-refractivity contribution in [3.05, 3.63) is 59.2 Å². The minimum absolute atomic E-state index is 0.223. The van der Waals surface area contributed by atoms with Gasteiger partial charge in [-0.2, -0.15) is 10.4 Å². The summed E-state index contributed by atoms with van der Waals surface area (Å²) in [5.41, 5.74) is 4.67. The first kappa shape index (κ1) is 20.5. The number of hydrogen-bond acceptors (Lipinski definition) is 6. The van der Waals surface area contributed by atoms with Gasteiger partial charge in [0.2, 0.25) is 0 Å². The van der Waals surface area contributed by atoms with E-state index in [1.165, 1.54) is 27.5 Å². The molecule has 5 heterocycles. The van der Waals surface area contributed by atoms with Crippen LogP contribution in [0.15, 0.2) is 36.5 Å². The number of aliphatic hydroxyl groups is 1. The van der Waals surface area contributed by atoms with Crippen LogP contribution < -0.4 is 9.80 Å². The number of β-amino-alcohol motifs (C(OH)–C–C–N with tert-alkyl or cyclic N) is 1.